The Balaban J connectivity index is 1.99. The van der Waals surface area contributed by atoms with E-state index in [0.717, 1.165) is 39.1 Å². The molecular weight excluding hydrogens is 432 g/mol. The second kappa shape index (κ2) is 10.2. The fourth-order valence-electron chi connectivity index (χ4n) is 4.75. The Morgan fingerprint density at radius 3 is 1.85 bits per heavy atom. The molecular formula is C28H32O6. The van der Waals surface area contributed by atoms with Gasteiger partial charge in [-0.05, 0) is 87.9 Å². The van der Waals surface area contributed by atoms with E-state index in [0.29, 0.717) is 29.7 Å². The first-order valence-electron chi connectivity index (χ1n) is 11.2. The number of carbonyl (C=O) groups excluding carboxylic acids is 2. The molecule has 2 aromatic rings. The van der Waals surface area contributed by atoms with E-state index in [9.17, 15) is 14.7 Å². The molecule has 0 heterocycles. The molecule has 0 saturated heterocycles. The summed E-state index contributed by atoms with van der Waals surface area (Å²) in [7, 11) is 2.71. The number of hydrogen-bond acceptors (Lipinski definition) is 6. The van der Waals surface area contributed by atoms with Crippen molar-refractivity contribution in [1.82, 2.24) is 0 Å². The lowest BCUT2D eigenvalue weighted by molar-refractivity contribution is -0.137. The van der Waals surface area contributed by atoms with Gasteiger partial charge in [-0.2, -0.15) is 0 Å². The number of methoxy groups -OCH3 is 2. The molecule has 6 nitrogen and oxygen atoms in total. The lowest BCUT2D eigenvalue weighted by Gasteiger charge is -2.29. The minimum Gasteiger partial charge on any atom is -0.508 e. The number of rotatable bonds is 6. The number of aryl methyl sites for hydroxylation is 3. The highest BCUT2D eigenvalue weighted by Crippen LogP contribution is 2.39. The molecule has 0 unspecified atom stereocenters. The highest BCUT2D eigenvalue weighted by Gasteiger charge is 2.36. The van der Waals surface area contributed by atoms with Gasteiger partial charge < -0.3 is 19.3 Å². The maximum absolute atomic E-state index is 12.7. The monoisotopic (exact) mass is 464 g/mol. The molecule has 180 valence electrons. The van der Waals surface area contributed by atoms with Crippen molar-refractivity contribution in [2.75, 3.05) is 14.2 Å². The summed E-state index contributed by atoms with van der Waals surface area (Å²) in [6, 6.07) is 9.15. The van der Waals surface area contributed by atoms with Crippen LogP contribution in [-0.4, -0.2) is 31.3 Å². The van der Waals surface area contributed by atoms with Crippen LogP contribution < -0.4 is 4.74 Å². The molecule has 0 aromatic heterocycles. The van der Waals surface area contributed by atoms with E-state index in [1.165, 1.54) is 14.2 Å². The summed E-state index contributed by atoms with van der Waals surface area (Å²) < 4.78 is 16.3. The van der Waals surface area contributed by atoms with E-state index >= 15 is 0 Å². The smallest absolute Gasteiger partial charge is 0.334 e. The van der Waals surface area contributed by atoms with Crippen molar-refractivity contribution < 1.29 is 28.9 Å². The van der Waals surface area contributed by atoms with Gasteiger partial charge in [-0.3, -0.25) is 0 Å². The summed E-state index contributed by atoms with van der Waals surface area (Å²) in [5, 5.41) is 9.78. The van der Waals surface area contributed by atoms with Crippen LogP contribution in [0.1, 0.15) is 42.5 Å². The van der Waals surface area contributed by atoms with Gasteiger partial charge in [0.2, 0.25) is 0 Å². The number of ether oxygens (including phenoxy) is 3. The molecule has 0 fully saturated rings. The van der Waals surface area contributed by atoms with Crippen LogP contribution >= 0.6 is 0 Å². The van der Waals surface area contributed by atoms with Crippen molar-refractivity contribution in [2.24, 2.45) is 5.92 Å². The standard InChI is InChI=1S/C28H32O6/c1-15-13-21(8-9-23(15)29)34-26-18(4)11-20(12-19(26)5)14-22-24(27(30)32-6)16(2)10-17(3)25(22)28(31)33-7/h8-9,11-13,22,29H,10,14H2,1-7H3. The van der Waals surface area contributed by atoms with Crippen LogP contribution in [0.15, 0.2) is 52.6 Å². The minimum atomic E-state index is -0.459. The molecule has 0 saturated carbocycles. The number of phenolic OH excluding ortho intramolecular Hbond substituents is 1. The molecule has 0 aliphatic heterocycles. The molecule has 0 radical (unpaired) electrons. The zero-order chi connectivity index (χ0) is 25.2. The maximum atomic E-state index is 12.7. The first-order valence-corrected chi connectivity index (χ1v) is 11.2. The van der Waals surface area contributed by atoms with Gasteiger partial charge in [0.1, 0.15) is 17.2 Å². The quantitative estimate of drug-likeness (QED) is 0.556. The fraction of sp³-hybridized carbons (Fsp3) is 0.357. The number of esters is 2. The largest absolute Gasteiger partial charge is 0.508 e. The fourth-order valence-corrected chi connectivity index (χ4v) is 4.75. The average Bonchev–Trinajstić information content (AvgIpc) is 2.77. The van der Waals surface area contributed by atoms with E-state index < -0.39 is 17.9 Å². The van der Waals surface area contributed by atoms with Crippen LogP contribution in [0.3, 0.4) is 0 Å². The van der Waals surface area contributed by atoms with Crippen molar-refractivity contribution in [2.45, 2.75) is 47.5 Å². The SMILES string of the molecule is COC(=O)C1=C(C)CC(C)=C(C(=O)OC)C1Cc1cc(C)c(Oc2ccc(O)c(C)c2)c(C)c1. The van der Waals surface area contributed by atoms with Gasteiger partial charge in [0.15, 0.2) is 0 Å². The van der Waals surface area contributed by atoms with Gasteiger partial charge in [0, 0.05) is 17.1 Å². The van der Waals surface area contributed by atoms with Crippen LogP contribution in [0.5, 0.6) is 17.2 Å². The van der Waals surface area contributed by atoms with Crippen molar-refractivity contribution in [1.29, 1.82) is 0 Å². The topological polar surface area (TPSA) is 82.1 Å². The average molecular weight is 465 g/mol. The Kier molecular flexibility index (Phi) is 7.50. The predicted molar refractivity (Wildman–Crippen MR) is 130 cm³/mol. The van der Waals surface area contributed by atoms with Gasteiger partial charge in [0.05, 0.1) is 14.2 Å². The number of carbonyl (C=O) groups is 2. The van der Waals surface area contributed by atoms with Gasteiger partial charge in [-0.1, -0.05) is 23.3 Å². The third kappa shape index (κ3) is 5.01. The molecule has 6 heteroatoms. The third-order valence-electron chi connectivity index (χ3n) is 6.31. The molecule has 0 spiro atoms. The normalized spacial score (nSPS) is 14.3. The number of benzene rings is 2. The Labute approximate surface area is 200 Å². The van der Waals surface area contributed by atoms with Crippen LogP contribution in [-0.2, 0) is 25.5 Å². The number of allylic oxidation sites excluding steroid dienone is 2. The summed E-state index contributed by atoms with van der Waals surface area (Å²) in [6.45, 7) is 9.56. The summed E-state index contributed by atoms with van der Waals surface area (Å²) >= 11 is 0. The molecule has 1 aliphatic rings. The van der Waals surface area contributed by atoms with Crippen molar-refractivity contribution in [3.05, 3.63) is 74.9 Å². The summed E-state index contributed by atoms with van der Waals surface area (Å²) in [5.41, 5.74) is 6.40. The van der Waals surface area contributed by atoms with E-state index in [1.807, 2.05) is 46.8 Å². The highest BCUT2D eigenvalue weighted by atomic mass is 16.5. The van der Waals surface area contributed by atoms with Gasteiger partial charge >= 0.3 is 11.9 Å². The molecule has 2 aromatic carbocycles. The lowest BCUT2D eigenvalue weighted by Crippen LogP contribution is -2.28. The van der Waals surface area contributed by atoms with Gasteiger partial charge in [0.25, 0.3) is 0 Å². The Morgan fingerprint density at radius 2 is 1.38 bits per heavy atom. The Bertz CT molecular complexity index is 1140. The number of hydrogen-bond donors (Lipinski definition) is 1. The molecule has 34 heavy (non-hydrogen) atoms. The summed E-state index contributed by atoms with van der Waals surface area (Å²) in [4.78, 5) is 25.4. The third-order valence-corrected chi connectivity index (χ3v) is 6.31. The zero-order valence-corrected chi connectivity index (χ0v) is 20.9. The highest BCUT2D eigenvalue weighted by molar-refractivity contribution is 5.98. The van der Waals surface area contributed by atoms with Gasteiger partial charge in [-0.25, -0.2) is 9.59 Å². The Hall–Kier alpha value is -3.54. The maximum Gasteiger partial charge on any atom is 0.334 e. The van der Waals surface area contributed by atoms with Crippen molar-refractivity contribution >= 4 is 11.9 Å². The molecule has 0 bridgehead atoms. The minimum absolute atomic E-state index is 0.221. The van der Waals surface area contributed by atoms with Crippen LogP contribution in [0.4, 0.5) is 0 Å². The second-order valence-corrected chi connectivity index (χ2v) is 8.91. The molecule has 0 amide bonds. The lowest BCUT2D eigenvalue weighted by atomic mass is 9.75. The Morgan fingerprint density at radius 1 is 0.853 bits per heavy atom. The first-order chi connectivity index (χ1) is 16.1. The van der Waals surface area contributed by atoms with Gasteiger partial charge in [-0.15, -0.1) is 0 Å². The summed E-state index contributed by atoms with van der Waals surface area (Å²) in [5.74, 6) is 0.286. The number of aromatic hydroxyl groups is 1. The molecule has 0 atom stereocenters. The van der Waals surface area contributed by atoms with Crippen LogP contribution in [0.2, 0.25) is 0 Å². The number of phenols is 1. The molecule has 1 N–H and O–H groups in total. The first kappa shape index (κ1) is 25.1. The predicted octanol–water partition coefficient (Wildman–Crippen LogP) is 5.65. The second-order valence-electron chi connectivity index (χ2n) is 8.91. The van der Waals surface area contributed by atoms with E-state index in [4.69, 9.17) is 14.2 Å². The van der Waals surface area contributed by atoms with Crippen molar-refractivity contribution in [3.8, 4) is 17.2 Å². The summed E-state index contributed by atoms with van der Waals surface area (Å²) in [6.07, 6.45) is 0.978. The van der Waals surface area contributed by atoms with Crippen LogP contribution in [0.25, 0.3) is 0 Å². The van der Waals surface area contributed by atoms with E-state index in [1.54, 1.807) is 18.2 Å². The van der Waals surface area contributed by atoms with E-state index in [-0.39, 0.29) is 5.75 Å². The van der Waals surface area contributed by atoms with E-state index in [2.05, 4.69) is 0 Å². The molecule has 3 rings (SSSR count). The molecule has 1 aliphatic carbocycles. The van der Waals surface area contributed by atoms with Crippen molar-refractivity contribution in [3.63, 3.8) is 0 Å². The zero-order valence-electron chi connectivity index (χ0n) is 20.9. The van der Waals surface area contributed by atoms with Crippen LogP contribution in [0, 0.1) is 26.7 Å².